The fourth-order valence-electron chi connectivity index (χ4n) is 3.81. The van der Waals surface area contributed by atoms with E-state index < -0.39 is 5.72 Å². The lowest BCUT2D eigenvalue weighted by Gasteiger charge is -2.33. The second kappa shape index (κ2) is 9.46. The number of piperidine rings is 1. The number of nitrogens with zero attached hydrogens (tertiary/aromatic N) is 4. The molecule has 0 amide bonds. The lowest BCUT2D eigenvalue weighted by Crippen LogP contribution is -2.43. The summed E-state index contributed by atoms with van der Waals surface area (Å²) in [6.45, 7) is 9.07. The predicted molar refractivity (Wildman–Crippen MR) is 118 cm³/mol. The van der Waals surface area contributed by atoms with E-state index in [1.807, 2.05) is 24.8 Å². The van der Waals surface area contributed by atoms with Gasteiger partial charge in [-0.2, -0.15) is 0 Å². The van der Waals surface area contributed by atoms with Crippen LogP contribution >= 0.6 is 0 Å². The first kappa shape index (κ1) is 22.5. The van der Waals surface area contributed by atoms with E-state index in [0.717, 1.165) is 37.2 Å². The molecule has 9 heteroatoms. The van der Waals surface area contributed by atoms with Crippen molar-refractivity contribution in [2.75, 3.05) is 26.7 Å². The van der Waals surface area contributed by atoms with Gasteiger partial charge in [0.25, 0.3) is 0 Å². The molecule has 0 unspecified atom stereocenters. The molecule has 4 rings (SSSR count). The zero-order valence-electron chi connectivity index (χ0n) is 19.2. The number of ether oxygens (including phenoxy) is 1. The number of guanidine groups is 1. The Morgan fingerprint density at radius 3 is 2.72 bits per heavy atom. The Bertz CT molecular complexity index is 953. The Morgan fingerprint density at radius 2 is 2.06 bits per heavy atom. The number of hydrogen-bond donors (Lipinski definition) is 1. The van der Waals surface area contributed by atoms with E-state index >= 15 is 0 Å². The van der Waals surface area contributed by atoms with Crippen LogP contribution in [-0.2, 0) is 17.9 Å². The largest absolute Gasteiger partial charge is 0.490 e. The zero-order chi connectivity index (χ0) is 22.7. The van der Waals surface area contributed by atoms with Gasteiger partial charge in [-0.1, -0.05) is 19.9 Å². The van der Waals surface area contributed by atoms with Crippen LogP contribution in [0.5, 0.6) is 5.75 Å². The fraction of sp³-hybridized carbons (Fsp3) is 0.565. The van der Waals surface area contributed by atoms with Crippen molar-refractivity contribution in [3.05, 3.63) is 47.4 Å². The average molecular weight is 446 g/mol. The second-order valence-corrected chi connectivity index (χ2v) is 9.07. The van der Waals surface area contributed by atoms with Crippen molar-refractivity contribution < 1.29 is 18.4 Å². The summed E-state index contributed by atoms with van der Waals surface area (Å²) in [4.78, 5) is 19.5. The van der Waals surface area contributed by atoms with Crippen molar-refractivity contribution in [1.82, 2.24) is 20.3 Å². The number of hydroxylamine groups is 1. The van der Waals surface area contributed by atoms with Gasteiger partial charge in [0, 0.05) is 39.4 Å². The van der Waals surface area contributed by atoms with Gasteiger partial charge in [0.05, 0.1) is 18.8 Å². The molecule has 0 saturated carbocycles. The highest BCUT2D eigenvalue weighted by atomic mass is 19.1. The van der Waals surface area contributed by atoms with Crippen LogP contribution < -0.4 is 10.2 Å². The van der Waals surface area contributed by atoms with E-state index in [9.17, 15) is 4.39 Å². The number of halogens is 1. The number of likely N-dealkylation sites (tertiary alicyclic amines) is 1. The van der Waals surface area contributed by atoms with E-state index in [-0.39, 0.29) is 11.6 Å². The Labute approximate surface area is 188 Å². The Morgan fingerprint density at radius 1 is 1.28 bits per heavy atom. The normalized spacial score (nSPS) is 18.1. The van der Waals surface area contributed by atoms with Crippen LogP contribution in [0.3, 0.4) is 0 Å². The lowest BCUT2D eigenvalue weighted by atomic mass is 10.0. The maximum atomic E-state index is 14.6. The van der Waals surface area contributed by atoms with E-state index in [1.165, 1.54) is 6.07 Å². The molecule has 3 heterocycles. The van der Waals surface area contributed by atoms with Gasteiger partial charge in [-0.3, -0.25) is 0 Å². The molecule has 1 aromatic carbocycles. The van der Waals surface area contributed by atoms with Gasteiger partial charge < -0.3 is 19.0 Å². The van der Waals surface area contributed by atoms with Gasteiger partial charge in [-0.05, 0) is 30.7 Å². The first-order valence-corrected chi connectivity index (χ1v) is 11.1. The molecule has 174 valence electrons. The minimum atomic E-state index is -0.556. The maximum Gasteiger partial charge on any atom is 0.222 e. The SMILES string of the molecule is Cc1nc(CN(Cc2ccc(OCC(C)C)c(F)c2)C2=NC3(CCN(C)CC3)ON2)co1. The zero-order valence-corrected chi connectivity index (χ0v) is 19.2. The molecule has 0 aliphatic carbocycles. The third kappa shape index (κ3) is 5.39. The summed E-state index contributed by atoms with van der Waals surface area (Å²) < 4.78 is 25.6. The topological polar surface area (TPSA) is 75.4 Å². The molecule has 1 aromatic heterocycles. The number of aromatic nitrogens is 1. The molecule has 1 saturated heterocycles. The van der Waals surface area contributed by atoms with Crippen LogP contribution in [0, 0.1) is 18.7 Å². The van der Waals surface area contributed by atoms with Crippen molar-refractivity contribution >= 4 is 5.96 Å². The summed E-state index contributed by atoms with van der Waals surface area (Å²) in [7, 11) is 2.10. The third-order valence-corrected chi connectivity index (χ3v) is 5.67. The van der Waals surface area contributed by atoms with Crippen molar-refractivity contribution in [2.45, 2.75) is 52.4 Å². The van der Waals surface area contributed by atoms with Gasteiger partial charge in [-0.25, -0.2) is 24.7 Å². The van der Waals surface area contributed by atoms with E-state index in [2.05, 4.69) is 22.4 Å². The summed E-state index contributed by atoms with van der Waals surface area (Å²) in [5, 5.41) is 0. The van der Waals surface area contributed by atoms with E-state index in [1.54, 1.807) is 19.3 Å². The third-order valence-electron chi connectivity index (χ3n) is 5.67. The standard InChI is InChI=1S/C23H32FN5O3/c1-16(2)14-31-21-6-5-18(11-20(21)24)12-29(13-19-15-30-17(3)25-19)22-26-23(32-27-22)7-9-28(4)10-8-23/h5-6,11,15-16H,7-10,12-14H2,1-4H3,(H,26,27). The summed E-state index contributed by atoms with van der Waals surface area (Å²) in [5.74, 6) is 1.45. The van der Waals surface area contributed by atoms with Gasteiger partial charge in [-0.15, -0.1) is 0 Å². The van der Waals surface area contributed by atoms with Crippen molar-refractivity contribution in [2.24, 2.45) is 10.9 Å². The average Bonchev–Trinajstić information content (AvgIpc) is 3.36. The van der Waals surface area contributed by atoms with Crippen molar-refractivity contribution in [1.29, 1.82) is 0 Å². The molecule has 2 aliphatic heterocycles. The van der Waals surface area contributed by atoms with Gasteiger partial charge in [0.2, 0.25) is 5.96 Å². The van der Waals surface area contributed by atoms with Gasteiger partial charge >= 0.3 is 0 Å². The minimum Gasteiger partial charge on any atom is -0.490 e. The van der Waals surface area contributed by atoms with Crippen LogP contribution in [0.4, 0.5) is 4.39 Å². The smallest absolute Gasteiger partial charge is 0.222 e. The van der Waals surface area contributed by atoms with Crippen LogP contribution in [0.2, 0.25) is 0 Å². The maximum absolute atomic E-state index is 14.6. The molecule has 2 aromatic rings. The quantitative estimate of drug-likeness (QED) is 0.699. The highest BCUT2D eigenvalue weighted by molar-refractivity contribution is 5.80. The number of rotatable bonds is 7. The second-order valence-electron chi connectivity index (χ2n) is 9.07. The summed E-state index contributed by atoms with van der Waals surface area (Å²) in [6.07, 6.45) is 3.26. The Kier molecular flexibility index (Phi) is 6.66. The highest BCUT2D eigenvalue weighted by Crippen LogP contribution is 2.30. The van der Waals surface area contributed by atoms with Crippen LogP contribution in [-0.4, -0.2) is 53.2 Å². The molecule has 2 aliphatic rings. The first-order chi connectivity index (χ1) is 15.3. The molecule has 1 spiro atoms. The number of nitrogens with one attached hydrogen (secondary N) is 1. The number of aryl methyl sites for hydroxylation is 1. The summed E-state index contributed by atoms with van der Waals surface area (Å²) >= 11 is 0. The van der Waals surface area contributed by atoms with Gasteiger partial charge in [0.1, 0.15) is 6.26 Å². The predicted octanol–water partition coefficient (Wildman–Crippen LogP) is 3.47. The number of hydrogen-bond acceptors (Lipinski definition) is 8. The molecule has 32 heavy (non-hydrogen) atoms. The van der Waals surface area contributed by atoms with Crippen molar-refractivity contribution in [3.8, 4) is 5.75 Å². The lowest BCUT2D eigenvalue weighted by molar-refractivity contribution is -0.0875. The molecule has 8 nitrogen and oxygen atoms in total. The van der Waals surface area contributed by atoms with Crippen LogP contribution in [0.15, 0.2) is 33.9 Å². The number of aliphatic imine (C=N–C) groups is 1. The summed E-state index contributed by atoms with van der Waals surface area (Å²) in [5.41, 5.74) is 4.03. The monoisotopic (exact) mass is 445 g/mol. The van der Waals surface area contributed by atoms with Crippen LogP contribution in [0.25, 0.3) is 0 Å². The van der Waals surface area contributed by atoms with E-state index in [4.69, 9.17) is 19.0 Å². The minimum absolute atomic E-state index is 0.270. The molecule has 0 atom stereocenters. The molecule has 0 bridgehead atoms. The Hall–Kier alpha value is -2.65. The molecular formula is C23H32FN5O3. The molecular weight excluding hydrogens is 413 g/mol. The molecule has 1 fully saturated rings. The number of benzene rings is 1. The molecule has 0 radical (unpaired) electrons. The number of oxazole rings is 1. The summed E-state index contributed by atoms with van der Waals surface area (Å²) in [6, 6.07) is 5.07. The van der Waals surface area contributed by atoms with Gasteiger partial charge in [0.15, 0.2) is 23.2 Å². The van der Waals surface area contributed by atoms with Crippen molar-refractivity contribution in [3.63, 3.8) is 0 Å². The fourth-order valence-corrected chi connectivity index (χ4v) is 3.81. The highest BCUT2D eigenvalue weighted by Gasteiger charge is 2.40. The Balaban J connectivity index is 1.53. The van der Waals surface area contributed by atoms with E-state index in [0.29, 0.717) is 37.5 Å². The van der Waals surface area contributed by atoms with Crippen LogP contribution in [0.1, 0.15) is 43.8 Å². The molecule has 1 N–H and O–H groups in total. The first-order valence-electron chi connectivity index (χ1n) is 11.1.